The van der Waals surface area contributed by atoms with Crippen molar-refractivity contribution in [2.45, 2.75) is 13.8 Å². The van der Waals surface area contributed by atoms with Crippen LogP contribution in [0.5, 0.6) is 11.6 Å². The smallest absolute Gasteiger partial charge is 0.240 e. The lowest BCUT2D eigenvalue weighted by atomic mass is 10.1. The fraction of sp³-hybridized carbons (Fsp3) is 0.100. The van der Waals surface area contributed by atoms with Gasteiger partial charge in [0.15, 0.2) is 0 Å². The molecule has 3 rings (SSSR count). The molecule has 1 aromatic heterocycles. The average molecular weight is 437 g/mol. The number of hydrogen-bond acceptors (Lipinski definition) is 7. The first-order valence-electron chi connectivity index (χ1n) is 9.04. The SMILES string of the molecule is [2H]c1cc(Nc2nc(N)c(Br)c(Oc3c(C)cc(C#N)cc3C)n2)cc([2H])c1C#N. The summed E-state index contributed by atoms with van der Waals surface area (Å²) < 4.78 is 22.1. The Morgan fingerprint density at radius 3 is 2.29 bits per heavy atom. The molecule has 0 aliphatic rings. The van der Waals surface area contributed by atoms with Gasteiger partial charge in [-0.15, -0.1) is 0 Å². The number of rotatable bonds is 4. The van der Waals surface area contributed by atoms with Crippen molar-refractivity contribution in [3.05, 3.63) is 63.1 Å². The highest BCUT2D eigenvalue weighted by atomic mass is 79.9. The summed E-state index contributed by atoms with van der Waals surface area (Å²) in [5.41, 5.74) is 8.37. The zero-order valence-corrected chi connectivity index (χ0v) is 16.5. The minimum Gasteiger partial charge on any atom is -0.437 e. The molecule has 28 heavy (non-hydrogen) atoms. The maximum Gasteiger partial charge on any atom is 0.240 e. The zero-order chi connectivity index (χ0) is 22.0. The first kappa shape index (κ1) is 16.5. The second-order valence-corrected chi connectivity index (χ2v) is 6.64. The predicted molar refractivity (Wildman–Crippen MR) is 109 cm³/mol. The molecule has 0 saturated heterocycles. The summed E-state index contributed by atoms with van der Waals surface area (Å²) in [6.45, 7) is 3.65. The number of hydrogen-bond donors (Lipinski definition) is 2. The Bertz CT molecular complexity index is 1200. The topological polar surface area (TPSA) is 121 Å². The normalized spacial score (nSPS) is 11.0. The van der Waals surface area contributed by atoms with Gasteiger partial charge in [0.1, 0.15) is 16.0 Å². The van der Waals surface area contributed by atoms with E-state index in [-0.39, 0.29) is 35.3 Å². The van der Waals surface area contributed by atoms with Crippen LogP contribution in [0.2, 0.25) is 0 Å². The molecule has 3 aromatic rings. The molecule has 0 bridgehead atoms. The summed E-state index contributed by atoms with van der Waals surface area (Å²) in [7, 11) is 0. The second kappa shape index (κ2) is 7.95. The minimum atomic E-state index is -0.0853. The Hall–Kier alpha value is -3.62. The van der Waals surface area contributed by atoms with Crippen LogP contribution in [0.15, 0.2) is 40.8 Å². The van der Waals surface area contributed by atoms with E-state index in [1.807, 2.05) is 19.9 Å². The van der Waals surface area contributed by atoms with Crippen molar-refractivity contribution in [3.8, 4) is 23.8 Å². The van der Waals surface area contributed by atoms with Crippen LogP contribution in [0.3, 0.4) is 0 Å². The third-order valence-electron chi connectivity index (χ3n) is 3.75. The van der Waals surface area contributed by atoms with Crippen LogP contribution in [0.4, 0.5) is 17.5 Å². The van der Waals surface area contributed by atoms with E-state index < -0.39 is 0 Å². The standard InChI is InChI=1S/C20H15BrN6O/c1-11-7-14(10-23)8-12(2)17(11)28-19-16(21)18(24)26-20(27-19)25-15-5-3-13(9-22)4-6-15/h3-8H,1-2H3,(H3,24,25,26,27)/i3D,4D. The lowest BCUT2D eigenvalue weighted by molar-refractivity contribution is 0.453. The number of nitrogens with two attached hydrogens (primary N) is 1. The number of halogens is 1. The van der Waals surface area contributed by atoms with Gasteiger partial charge in [-0.3, -0.25) is 0 Å². The molecule has 8 heteroatoms. The first-order valence-corrected chi connectivity index (χ1v) is 8.83. The van der Waals surface area contributed by atoms with Crippen molar-refractivity contribution in [1.29, 1.82) is 10.5 Å². The molecule has 0 unspecified atom stereocenters. The van der Waals surface area contributed by atoms with Gasteiger partial charge in [0.25, 0.3) is 0 Å². The lowest BCUT2D eigenvalue weighted by Gasteiger charge is -2.14. The first-order chi connectivity index (χ1) is 14.2. The van der Waals surface area contributed by atoms with Crippen molar-refractivity contribution < 1.29 is 7.48 Å². The highest BCUT2D eigenvalue weighted by Gasteiger charge is 2.16. The van der Waals surface area contributed by atoms with Gasteiger partial charge < -0.3 is 15.8 Å². The van der Waals surface area contributed by atoms with Gasteiger partial charge in [0, 0.05) is 5.69 Å². The van der Waals surface area contributed by atoms with E-state index in [0.717, 1.165) is 11.1 Å². The number of anilines is 3. The number of nitrogens with one attached hydrogen (secondary N) is 1. The summed E-state index contributed by atoms with van der Waals surface area (Å²) in [5, 5.41) is 21.0. The maximum atomic E-state index is 9.11. The number of nitrogens with zero attached hydrogens (tertiary/aromatic N) is 4. The molecule has 1 heterocycles. The molecule has 0 fully saturated rings. The lowest BCUT2D eigenvalue weighted by Crippen LogP contribution is -2.04. The van der Waals surface area contributed by atoms with Crippen LogP contribution in [0, 0.1) is 36.5 Å². The van der Waals surface area contributed by atoms with E-state index in [1.54, 1.807) is 12.1 Å². The molecule has 0 aliphatic carbocycles. The van der Waals surface area contributed by atoms with Crippen LogP contribution in [0.1, 0.15) is 25.0 Å². The van der Waals surface area contributed by atoms with Gasteiger partial charge in [-0.25, -0.2) is 0 Å². The molecule has 3 N–H and O–H groups in total. The number of aryl methyl sites for hydroxylation is 2. The molecular weight excluding hydrogens is 420 g/mol. The maximum absolute atomic E-state index is 9.11. The van der Waals surface area contributed by atoms with E-state index in [1.165, 1.54) is 12.1 Å². The van der Waals surface area contributed by atoms with E-state index in [4.69, 9.17) is 23.7 Å². The Labute approximate surface area is 173 Å². The number of aromatic nitrogens is 2. The van der Waals surface area contributed by atoms with E-state index in [0.29, 0.717) is 21.5 Å². The average Bonchev–Trinajstić information content (AvgIpc) is 2.67. The third-order valence-corrected chi connectivity index (χ3v) is 4.49. The van der Waals surface area contributed by atoms with Crippen LogP contribution in [-0.4, -0.2) is 9.97 Å². The van der Waals surface area contributed by atoms with Crippen molar-refractivity contribution >= 4 is 33.4 Å². The Morgan fingerprint density at radius 1 is 1.11 bits per heavy atom. The number of nitriles is 2. The summed E-state index contributed by atoms with van der Waals surface area (Å²) in [4.78, 5) is 8.47. The molecule has 0 radical (unpaired) electrons. The number of benzene rings is 2. The fourth-order valence-corrected chi connectivity index (χ4v) is 2.75. The fourth-order valence-electron chi connectivity index (χ4n) is 2.49. The molecular formula is C20H15BrN6O. The summed E-state index contributed by atoms with van der Waals surface area (Å²) in [6, 6.07) is 9.97. The molecule has 0 saturated carbocycles. The van der Waals surface area contributed by atoms with Crippen molar-refractivity contribution in [1.82, 2.24) is 9.97 Å². The number of ether oxygens (including phenoxy) is 1. The van der Waals surface area contributed by atoms with Crippen molar-refractivity contribution in [3.63, 3.8) is 0 Å². The summed E-state index contributed by atoms with van der Waals surface area (Å²) >= 11 is 3.33. The highest BCUT2D eigenvalue weighted by molar-refractivity contribution is 9.10. The van der Waals surface area contributed by atoms with Gasteiger partial charge in [0.05, 0.1) is 26.0 Å². The Kier molecular flexibility index (Phi) is 4.70. The molecule has 0 amide bonds. The molecule has 138 valence electrons. The second-order valence-electron chi connectivity index (χ2n) is 5.85. The van der Waals surface area contributed by atoms with Crippen molar-refractivity contribution in [2.75, 3.05) is 11.1 Å². The molecule has 0 atom stereocenters. The van der Waals surface area contributed by atoms with Crippen molar-refractivity contribution in [2.24, 2.45) is 0 Å². The summed E-state index contributed by atoms with van der Waals surface area (Å²) in [6.07, 6.45) is 0. The quantitative estimate of drug-likeness (QED) is 0.606. The van der Waals surface area contributed by atoms with Gasteiger partial charge in [0.2, 0.25) is 11.8 Å². The molecule has 2 aromatic carbocycles. The van der Waals surface area contributed by atoms with E-state index in [2.05, 4.69) is 37.3 Å². The van der Waals surface area contributed by atoms with Gasteiger partial charge in [-0.1, -0.05) is 0 Å². The predicted octanol–water partition coefficient (Wildman–Crippen LogP) is 4.72. The van der Waals surface area contributed by atoms with E-state index >= 15 is 0 Å². The van der Waals surface area contributed by atoms with Crippen LogP contribution < -0.4 is 15.8 Å². The Morgan fingerprint density at radius 2 is 1.71 bits per heavy atom. The molecule has 0 aliphatic heterocycles. The van der Waals surface area contributed by atoms with Crippen LogP contribution in [0.25, 0.3) is 0 Å². The highest BCUT2D eigenvalue weighted by Crippen LogP contribution is 2.36. The largest absolute Gasteiger partial charge is 0.437 e. The monoisotopic (exact) mass is 436 g/mol. The minimum absolute atomic E-state index is 0.0208. The molecule has 7 nitrogen and oxygen atoms in total. The van der Waals surface area contributed by atoms with Gasteiger partial charge in [-0.2, -0.15) is 20.5 Å². The third kappa shape index (κ3) is 4.03. The number of nitrogen functional groups attached to an aromatic ring is 1. The van der Waals surface area contributed by atoms with Gasteiger partial charge in [-0.05, 0) is 77.3 Å². The Balaban J connectivity index is 1.98. The van der Waals surface area contributed by atoms with E-state index in [9.17, 15) is 0 Å². The van der Waals surface area contributed by atoms with Crippen LogP contribution >= 0.6 is 15.9 Å². The van der Waals surface area contributed by atoms with Gasteiger partial charge >= 0.3 is 0 Å². The summed E-state index contributed by atoms with van der Waals surface area (Å²) in [5.74, 6) is 0.918. The van der Waals surface area contributed by atoms with Crippen LogP contribution in [-0.2, 0) is 0 Å². The zero-order valence-electron chi connectivity index (χ0n) is 17.0. The molecule has 0 spiro atoms.